The van der Waals surface area contributed by atoms with Gasteiger partial charge in [0, 0.05) is 35.0 Å². The molecule has 0 saturated heterocycles. The van der Waals surface area contributed by atoms with Gasteiger partial charge in [0.05, 0.1) is 17.0 Å². The molecular weight excluding hydrogens is 403 g/mol. The fourth-order valence-corrected chi connectivity index (χ4v) is 4.32. The molecule has 0 aliphatic rings. The van der Waals surface area contributed by atoms with E-state index in [1.54, 1.807) is 32.0 Å². The molecule has 160 valence electrons. The van der Waals surface area contributed by atoms with E-state index in [4.69, 9.17) is 5.73 Å². The molecule has 0 aliphatic carbocycles. The SMILES string of the molecule is Cc1c(-c2cccc(S(C)(=O)=O)c2)c2cc(C(C)(C)O)ccc2n1C/C(F)=C/CN. The predicted molar refractivity (Wildman–Crippen MR) is 119 cm³/mol. The van der Waals surface area contributed by atoms with Gasteiger partial charge in [-0.1, -0.05) is 18.2 Å². The number of aliphatic hydroxyl groups is 1. The van der Waals surface area contributed by atoms with Crippen LogP contribution < -0.4 is 5.73 Å². The Balaban J connectivity index is 2.34. The van der Waals surface area contributed by atoms with Crippen LogP contribution in [-0.2, 0) is 22.0 Å². The maximum Gasteiger partial charge on any atom is 0.175 e. The summed E-state index contributed by atoms with van der Waals surface area (Å²) < 4.78 is 40.3. The lowest BCUT2D eigenvalue weighted by Crippen LogP contribution is -2.15. The molecule has 0 bridgehead atoms. The lowest BCUT2D eigenvalue weighted by atomic mass is 9.94. The van der Waals surface area contributed by atoms with E-state index in [0.717, 1.165) is 27.7 Å². The van der Waals surface area contributed by atoms with Gasteiger partial charge in [0.1, 0.15) is 5.83 Å². The van der Waals surface area contributed by atoms with E-state index in [9.17, 15) is 17.9 Å². The van der Waals surface area contributed by atoms with Gasteiger partial charge in [0.15, 0.2) is 9.84 Å². The third kappa shape index (κ3) is 4.33. The fourth-order valence-electron chi connectivity index (χ4n) is 3.66. The molecule has 7 heteroatoms. The normalized spacial score (nSPS) is 13.2. The molecule has 0 amide bonds. The highest BCUT2D eigenvalue weighted by Gasteiger charge is 2.22. The average molecular weight is 431 g/mol. The lowest BCUT2D eigenvalue weighted by molar-refractivity contribution is 0.0787. The Morgan fingerprint density at radius 1 is 1.23 bits per heavy atom. The van der Waals surface area contributed by atoms with Gasteiger partial charge in [0.2, 0.25) is 0 Å². The first-order valence-corrected chi connectivity index (χ1v) is 11.5. The van der Waals surface area contributed by atoms with Crippen molar-refractivity contribution in [1.29, 1.82) is 0 Å². The van der Waals surface area contributed by atoms with Gasteiger partial charge in [0.25, 0.3) is 0 Å². The van der Waals surface area contributed by atoms with Crippen molar-refractivity contribution in [2.75, 3.05) is 12.8 Å². The summed E-state index contributed by atoms with van der Waals surface area (Å²) in [7, 11) is -3.38. The van der Waals surface area contributed by atoms with Crippen molar-refractivity contribution in [1.82, 2.24) is 4.57 Å². The fraction of sp³-hybridized carbons (Fsp3) is 0.304. The molecule has 0 unspecified atom stereocenters. The quantitative estimate of drug-likeness (QED) is 0.618. The van der Waals surface area contributed by atoms with Crippen LogP contribution in [0.2, 0.25) is 0 Å². The number of nitrogens with zero attached hydrogens (tertiary/aromatic N) is 1. The van der Waals surface area contributed by atoms with Crippen molar-refractivity contribution in [3.05, 3.63) is 65.6 Å². The number of nitrogens with two attached hydrogens (primary N) is 1. The second-order valence-corrected chi connectivity index (χ2v) is 10.0. The van der Waals surface area contributed by atoms with Gasteiger partial charge in [-0.3, -0.25) is 0 Å². The third-order valence-electron chi connectivity index (χ3n) is 5.23. The second-order valence-electron chi connectivity index (χ2n) is 8.02. The Hall–Kier alpha value is -2.48. The van der Waals surface area contributed by atoms with Gasteiger partial charge in [-0.05, 0) is 62.2 Å². The monoisotopic (exact) mass is 430 g/mol. The molecule has 3 rings (SSSR count). The Labute approximate surface area is 176 Å². The zero-order chi connectivity index (χ0) is 22.3. The number of sulfone groups is 1. The van der Waals surface area contributed by atoms with Crippen LogP contribution in [0.25, 0.3) is 22.0 Å². The zero-order valence-electron chi connectivity index (χ0n) is 17.6. The smallest absolute Gasteiger partial charge is 0.175 e. The molecule has 30 heavy (non-hydrogen) atoms. The van der Waals surface area contributed by atoms with E-state index >= 15 is 0 Å². The van der Waals surface area contributed by atoms with Gasteiger partial charge in [-0.15, -0.1) is 0 Å². The van der Waals surface area contributed by atoms with E-state index in [-0.39, 0.29) is 23.8 Å². The number of hydrogen-bond acceptors (Lipinski definition) is 4. The summed E-state index contributed by atoms with van der Waals surface area (Å²) >= 11 is 0. The lowest BCUT2D eigenvalue weighted by Gasteiger charge is -2.18. The number of aromatic nitrogens is 1. The van der Waals surface area contributed by atoms with Crippen LogP contribution in [0.4, 0.5) is 4.39 Å². The van der Waals surface area contributed by atoms with Gasteiger partial charge >= 0.3 is 0 Å². The standard InChI is InChI=1S/C23H27FN2O3S/c1-15-22(16-6-5-7-19(12-16)30(4,28)29)20-13-17(23(2,3)27)8-9-21(20)26(15)14-18(24)10-11-25/h5-10,12-13,27H,11,14,25H2,1-4H3/b18-10-. The molecule has 0 fully saturated rings. The first-order chi connectivity index (χ1) is 13.9. The highest BCUT2D eigenvalue weighted by Crippen LogP contribution is 2.38. The number of benzene rings is 2. The molecule has 0 radical (unpaired) electrons. The van der Waals surface area contributed by atoms with E-state index in [1.807, 2.05) is 35.8 Å². The average Bonchev–Trinajstić information content (AvgIpc) is 2.92. The summed E-state index contributed by atoms with van der Waals surface area (Å²) in [4.78, 5) is 0.216. The van der Waals surface area contributed by atoms with Gasteiger partial charge < -0.3 is 15.4 Å². The summed E-state index contributed by atoms with van der Waals surface area (Å²) in [6.07, 6.45) is 2.50. The molecule has 2 aromatic carbocycles. The minimum atomic E-state index is -3.38. The van der Waals surface area contributed by atoms with Crippen LogP contribution in [0.15, 0.2) is 59.3 Å². The van der Waals surface area contributed by atoms with Crippen molar-refractivity contribution < 1.29 is 17.9 Å². The van der Waals surface area contributed by atoms with Crippen LogP contribution in [0.1, 0.15) is 25.1 Å². The molecule has 1 heterocycles. The van der Waals surface area contributed by atoms with E-state index in [2.05, 4.69) is 0 Å². The largest absolute Gasteiger partial charge is 0.386 e. The minimum Gasteiger partial charge on any atom is -0.386 e. The van der Waals surface area contributed by atoms with Crippen LogP contribution in [-0.4, -0.2) is 30.9 Å². The Morgan fingerprint density at radius 2 is 1.93 bits per heavy atom. The van der Waals surface area contributed by atoms with E-state index in [1.165, 1.54) is 12.3 Å². The first-order valence-electron chi connectivity index (χ1n) is 9.64. The topological polar surface area (TPSA) is 85.3 Å². The van der Waals surface area contributed by atoms with Crippen LogP contribution in [0.3, 0.4) is 0 Å². The molecule has 0 spiro atoms. The first kappa shape index (κ1) is 22.2. The Morgan fingerprint density at radius 3 is 2.53 bits per heavy atom. The van der Waals surface area contributed by atoms with Crippen molar-refractivity contribution in [3.8, 4) is 11.1 Å². The molecule has 5 nitrogen and oxygen atoms in total. The number of hydrogen-bond donors (Lipinski definition) is 2. The maximum absolute atomic E-state index is 14.3. The Kier molecular flexibility index (Phi) is 5.91. The number of rotatable bonds is 6. The van der Waals surface area contributed by atoms with Gasteiger partial charge in [-0.25, -0.2) is 12.8 Å². The molecule has 0 aliphatic heterocycles. The molecule has 0 saturated carbocycles. The molecule has 3 aromatic rings. The summed E-state index contributed by atoms with van der Waals surface area (Å²) in [5.74, 6) is -0.347. The second kappa shape index (κ2) is 7.98. The van der Waals surface area contributed by atoms with Crippen molar-refractivity contribution >= 4 is 20.7 Å². The summed E-state index contributed by atoms with van der Waals surface area (Å²) in [6.45, 7) is 5.41. The number of allylic oxidation sites excluding steroid dienone is 1. The molecule has 3 N–H and O–H groups in total. The highest BCUT2D eigenvalue weighted by molar-refractivity contribution is 7.90. The van der Waals surface area contributed by atoms with Crippen molar-refractivity contribution in [2.24, 2.45) is 5.73 Å². The van der Waals surface area contributed by atoms with Crippen molar-refractivity contribution in [2.45, 2.75) is 37.8 Å². The summed E-state index contributed by atoms with van der Waals surface area (Å²) in [5, 5.41) is 11.3. The Bertz CT molecular complexity index is 1240. The van der Waals surface area contributed by atoms with Crippen LogP contribution in [0, 0.1) is 6.92 Å². The maximum atomic E-state index is 14.3. The minimum absolute atomic E-state index is 0.0210. The predicted octanol–water partition coefficient (Wildman–Crippen LogP) is 4.06. The van der Waals surface area contributed by atoms with E-state index < -0.39 is 15.4 Å². The van der Waals surface area contributed by atoms with Gasteiger partial charge in [-0.2, -0.15) is 0 Å². The van der Waals surface area contributed by atoms with Crippen LogP contribution in [0.5, 0.6) is 0 Å². The summed E-state index contributed by atoms with van der Waals surface area (Å²) in [5.41, 5.74) is 8.22. The third-order valence-corrected chi connectivity index (χ3v) is 6.34. The highest BCUT2D eigenvalue weighted by atomic mass is 32.2. The zero-order valence-corrected chi connectivity index (χ0v) is 18.4. The number of fused-ring (bicyclic) bond motifs is 1. The van der Waals surface area contributed by atoms with E-state index in [0.29, 0.717) is 5.56 Å². The summed E-state index contributed by atoms with van der Waals surface area (Å²) in [6, 6.07) is 12.3. The molecular formula is C23H27FN2O3S. The molecule has 0 atom stereocenters. The van der Waals surface area contributed by atoms with Crippen LogP contribution >= 0.6 is 0 Å². The number of halogens is 1. The molecule has 1 aromatic heterocycles. The van der Waals surface area contributed by atoms with Crippen molar-refractivity contribution in [3.63, 3.8) is 0 Å².